The number of halogens is 1. The summed E-state index contributed by atoms with van der Waals surface area (Å²) in [5, 5.41) is 0. The first-order valence-electron chi connectivity index (χ1n) is 11.6. The zero-order valence-corrected chi connectivity index (χ0v) is 19.1. The summed E-state index contributed by atoms with van der Waals surface area (Å²) in [6, 6.07) is 35.5. The molecule has 4 rings (SSSR count). The molecule has 0 radical (unpaired) electrons. The molecule has 2 unspecified atom stereocenters. The molecule has 0 saturated carbocycles. The van der Waals surface area contributed by atoms with Crippen LogP contribution < -0.4 is 0 Å². The Bertz CT molecular complexity index is 1140. The van der Waals surface area contributed by atoms with E-state index in [4.69, 9.17) is 0 Å². The van der Waals surface area contributed by atoms with E-state index in [9.17, 15) is 4.39 Å². The van der Waals surface area contributed by atoms with Gasteiger partial charge in [-0.1, -0.05) is 112 Å². The van der Waals surface area contributed by atoms with E-state index in [0.717, 1.165) is 12.0 Å². The van der Waals surface area contributed by atoms with Crippen LogP contribution in [-0.2, 0) is 0 Å². The Morgan fingerprint density at radius 1 is 0.594 bits per heavy atom. The van der Waals surface area contributed by atoms with Crippen molar-refractivity contribution in [3.8, 4) is 11.1 Å². The van der Waals surface area contributed by atoms with E-state index in [2.05, 4.69) is 99.6 Å². The molecule has 0 nitrogen and oxygen atoms in total. The van der Waals surface area contributed by atoms with Crippen molar-refractivity contribution >= 4 is 0 Å². The first-order valence-corrected chi connectivity index (χ1v) is 11.6. The lowest BCUT2D eigenvalue weighted by atomic mass is 9.81. The highest BCUT2D eigenvalue weighted by atomic mass is 19.1. The minimum atomic E-state index is -0.188. The van der Waals surface area contributed by atoms with Gasteiger partial charge in [-0.3, -0.25) is 0 Å². The topological polar surface area (TPSA) is 0 Å². The van der Waals surface area contributed by atoms with E-state index in [-0.39, 0.29) is 11.7 Å². The third kappa shape index (κ3) is 4.83. The standard InChI is InChI=1S/C31H31F/c1-4-30(23-16-18-29(32)19-17-23)27-14-8-12-25(20-27)26-13-9-15-28(21-26)31(22(2)3)24-10-6-5-7-11-24/h5-22,30-31H,4H2,1-3H3. The molecule has 2 atom stereocenters. The number of rotatable bonds is 7. The molecule has 0 aliphatic carbocycles. The van der Waals surface area contributed by atoms with Crippen LogP contribution >= 0.6 is 0 Å². The van der Waals surface area contributed by atoms with Crippen LogP contribution in [0.15, 0.2) is 103 Å². The zero-order valence-electron chi connectivity index (χ0n) is 19.1. The molecule has 0 aromatic heterocycles. The van der Waals surface area contributed by atoms with Gasteiger partial charge in [-0.2, -0.15) is 0 Å². The maximum absolute atomic E-state index is 13.4. The van der Waals surface area contributed by atoms with Crippen molar-refractivity contribution < 1.29 is 4.39 Å². The van der Waals surface area contributed by atoms with Gasteiger partial charge in [0.2, 0.25) is 0 Å². The Kier molecular flexibility index (Phi) is 6.85. The Balaban J connectivity index is 1.70. The van der Waals surface area contributed by atoms with Gasteiger partial charge in [0.25, 0.3) is 0 Å². The van der Waals surface area contributed by atoms with Crippen molar-refractivity contribution in [3.05, 3.63) is 131 Å². The van der Waals surface area contributed by atoms with Crippen molar-refractivity contribution in [2.24, 2.45) is 5.92 Å². The number of hydrogen-bond donors (Lipinski definition) is 0. The van der Waals surface area contributed by atoms with E-state index in [1.165, 1.54) is 27.8 Å². The van der Waals surface area contributed by atoms with Crippen molar-refractivity contribution in [1.29, 1.82) is 0 Å². The predicted octanol–water partition coefficient (Wildman–Crippen LogP) is 8.82. The second-order valence-electron chi connectivity index (χ2n) is 8.90. The summed E-state index contributed by atoms with van der Waals surface area (Å²) in [6.45, 7) is 6.77. The monoisotopic (exact) mass is 422 g/mol. The Morgan fingerprint density at radius 3 is 1.75 bits per heavy atom. The summed E-state index contributed by atoms with van der Waals surface area (Å²) in [7, 11) is 0. The molecule has 32 heavy (non-hydrogen) atoms. The SMILES string of the molecule is CCC(c1ccc(F)cc1)c1cccc(-c2cccc(C(c3ccccc3)C(C)C)c2)c1. The molecule has 0 saturated heterocycles. The summed E-state index contributed by atoms with van der Waals surface area (Å²) in [5.74, 6) is 0.933. The minimum absolute atomic E-state index is 0.188. The van der Waals surface area contributed by atoms with E-state index in [0.29, 0.717) is 11.8 Å². The zero-order chi connectivity index (χ0) is 22.5. The van der Waals surface area contributed by atoms with Crippen LogP contribution in [0.5, 0.6) is 0 Å². The van der Waals surface area contributed by atoms with Crippen molar-refractivity contribution in [3.63, 3.8) is 0 Å². The molecule has 0 amide bonds. The van der Waals surface area contributed by atoms with Gasteiger partial charge in [-0.25, -0.2) is 4.39 Å². The van der Waals surface area contributed by atoms with Gasteiger partial charge in [0.15, 0.2) is 0 Å². The average Bonchev–Trinajstić information content (AvgIpc) is 2.82. The highest BCUT2D eigenvalue weighted by molar-refractivity contribution is 5.66. The summed E-state index contributed by atoms with van der Waals surface area (Å²) >= 11 is 0. The second-order valence-corrected chi connectivity index (χ2v) is 8.90. The predicted molar refractivity (Wildman–Crippen MR) is 134 cm³/mol. The average molecular weight is 423 g/mol. The quantitative estimate of drug-likeness (QED) is 0.279. The molecule has 0 N–H and O–H groups in total. The van der Waals surface area contributed by atoms with Crippen LogP contribution in [0.2, 0.25) is 0 Å². The lowest BCUT2D eigenvalue weighted by Gasteiger charge is -2.23. The molecule has 0 bridgehead atoms. The number of hydrogen-bond acceptors (Lipinski definition) is 0. The van der Waals surface area contributed by atoms with Crippen LogP contribution in [-0.4, -0.2) is 0 Å². The van der Waals surface area contributed by atoms with Gasteiger partial charge in [0.05, 0.1) is 0 Å². The van der Waals surface area contributed by atoms with Crippen molar-refractivity contribution in [2.45, 2.75) is 39.0 Å². The van der Waals surface area contributed by atoms with Gasteiger partial charge < -0.3 is 0 Å². The van der Waals surface area contributed by atoms with Crippen LogP contribution in [0, 0.1) is 11.7 Å². The van der Waals surface area contributed by atoms with Gasteiger partial charge >= 0.3 is 0 Å². The van der Waals surface area contributed by atoms with E-state index >= 15 is 0 Å². The molecule has 0 heterocycles. The Morgan fingerprint density at radius 2 is 1.16 bits per heavy atom. The Labute approximate surface area is 191 Å². The first-order chi connectivity index (χ1) is 15.6. The van der Waals surface area contributed by atoms with E-state index in [1.807, 2.05) is 12.1 Å². The molecule has 0 spiro atoms. The van der Waals surface area contributed by atoms with Gasteiger partial charge in [-0.05, 0) is 57.9 Å². The van der Waals surface area contributed by atoms with Gasteiger partial charge in [0, 0.05) is 11.8 Å². The van der Waals surface area contributed by atoms with Crippen LogP contribution in [0.25, 0.3) is 11.1 Å². The maximum Gasteiger partial charge on any atom is 0.123 e. The fraction of sp³-hybridized carbons (Fsp3) is 0.226. The van der Waals surface area contributed by atoms with Crippen LogP contribution in [0.3, 0.4) is 0 Å². The maximum atomic E-state index is 13.4. The molecule has 0 aliphatic heterocycles. The fourth-order valence-corrected chi connectivity index (χ4v) is 4.83. The van der Waals surface area contributed by atoms with Crippen molar-refractivity contribution in [1.82, 2.24) is 0 Å². The minimum Gasteiger partial charge on any atom is -0.207 e. The lowest BCUT2D eigenvalue weighted by Crippen LogP contribution is -2.08. The molecule has 4 aromatic carbocycles. The first kappa shape index (κ1) is 22.0. The highest BCUT2D eigenvalue weighted by Crippen LogP contribution is 2.35. The van der Waals surface area contributed by atoms with E-state index < -0.39 is 0 Å². The van der Waals surface area contributed by atoms with Crippen LogP contribution in [0.4, 0.5) is 4.39 Å². The van der Waals surface area contributed by atoms with Crippen LogP contribution in [0.1, 0.15) is 61.3 Å². The van der Waals surface area contributed by atoms with Gasteiger partial charge in [0.1, 0.15) is 5.82 Å². The molecule has 0 fully saturated rings. The summed E-state index contributed by atoms with van der Waals surface area (Å²) in [5.41, 5.74) is 7.59. The normalized spacial score (nSPS) is 13.2. The highest BCUT2D eigenvalue weighted by Gasteiger charge is 2.19. The lowest BCUT2D eigenvalue weighted by molar-refractivity contribution is 0.564. The molecule has 1 heteroatoms. The summed E-state index contributed by atoms with van der Waals surface area (Å²) in [4.78, 5) is 0. The second kappa shape index (κ2) is 9.96. The molecular weight excluding hydrogens is 391 g/mol. The molecular formula is C31H31F. The van der Waals surface area contributed by atoms with Crippen molar-refractivity contribution in [2.75, 3.05) is 0 Å². The largest absolute Gasteiger partial charge is 0.207 e. The number of benzene rings is 4. The summed E-state index contributed by atoms with van der Waals surface area (Å²) in [6.07, 6.45) is 0.971. The van der Waals surface area contributed by atoms with Gasteiger partial charge in [-0.15, -0.1) is 0 Å². The molecule has 4 aromatic rings. The molecule has 0 aliphatic rings. The Hall–Kier alpha value is -3.19. The smallest absolute Gasteiger partial charge is 0.123 e. The fourth-order valence-electron chi connectivity index (χ4n) is 4.83. The third-order valence-corrected chi connectivity index (χ3v) is 6.37. The van der Waals surface area contributed by atoms with E-state index in [1.54, 1.807) is 12.1 Å². The third-order valence-electron chi connectivity index (χ3n) is 6.37. The molecule has 162 valence electrons. The summed E-state index contributed by atoms with van der Waals surface area (Å²) < 4.78 is 13.4.